The van der Waals surface area contributed by atoms with Gasteiger partial charge in [0.25, 0.3) is 0 Å². The summed E-state index contributed by atoms with van der Waals surface area (Å²) in [7, 11) is 0. The second kappa shape index (κ2) is 6.84. The fourth-order valence-electron chi connectivity index (χ4n) is 2.28. The molecular weight excluding hydrogens is 254 g/mol. The van der Waals surface area contributed by atoms with Gasteiger partial charge >= 0.3 is 0 Å². The normalized spacial score (nSPS) is 14.7. The molecule has 1 aromatic carbocycles. The Morgan fingerprint density at radius 3 is 2.55 bits per heavy atom. The van der Waals surface area contributed by atoms with Crippen LogP contribution >= 0.6 is 0 Å². The summed E-state index contributed by atoms with van der Waals surface area (Å²) in [5, 5.41) is 0. The van der Waals surface area contributed by atoms with Crippen molar-refractivity contribution in [3.8, 4) is 17.2 Å². The van der Waals surface area contributed by atoms with Gasteiger partial charge < -0.3 is 19.9 Å². The van der Waals surface area contributed by atoms with Crippen LogP contribution in [-0.2, 0) is 6.42 Å². The molecule has 0 aromatic heterocycles. The van der Waals surface area contributed by atoms with E-state index in [1.165, 1.54) is 6.42 Å². The molecular formula is C16H25NO3. The van der Waals surface area contributed by atoms with E-state index in [-0.39, 0.29) is 12.8 Å². The minimum atomic E-state index is 0.0911. The maximum atomic E-state index is 5.92. The molecule has 1 aliphatic heterocycles. The van der Waals surface area contributed by atoms with Crippen LogP contribution in [0.25, 0.3) is 0 Å². The van der Waals surface area contributed by atoms with Gasteiger partial charge in [-0.15, -0.1) is 0 Å². The molecule has 0 saturated heterocycles. The van der Waals surface area contributed by atoms with Crippen molar-refractivity contribution in [3.05, 3.63) is 17.7 Å². The van der Waals surface area contributed by atoms with E-state index in [9.17, 15) is 0 Å². The number of ether oxygens (including phenoxy) is 3. The van der Waals surface area contributed by atoms with Crippen LogP contribution in [-0.4, -0.2) is 19.4 Å². The highest BCUT2D eigenvalue weighted by Crippen LogP contribution is 2.38. The molecule has 112 valence electrons. The summed E-state index contributed by atoms with van der Waals surface area (Å²) in [6, 6.07) is 4.01. The van der Waals surface area contributed by atoms with E-state index >= 15 is 0 Å². The number of hydrogen-bond donors (Lipinski definition) is 1. The fourth-order valence-corrected chi connectivity index (χ4v) is 2.28. The van der Waals surface area contributed by atoms with Crippen molar-refractivity contribution in [2.45, 2.75) is 46.1 Å². The summed E-state index contributed by atoms with van der Waals surface area (Å²) in [5.74, 6) is 3.13. The van der Waals surface area contributed by atoms with Crippen LogP contribution in [0.5, 0.6) is 17.2 Å². The lowest BCUT2D eigenvalue weighted by Gasteiger charge is -2.14. The van der Waals surface area contributed by atoms with Crippen molar-refractivity contribution in [2.24, 2.45) is 11.7 Å². The van der Waals surface area contributed by atoms with Gasteiger partial charge in [-0.2, -0.15) is 0 Å². The predicted molar refractivity (Wildman–Crippen MR) is 79.5 cm³/mol. The Morgan fingerprint density at radius 2 is 1.90 bits per heavy atom. The maximum Gasteiger partial charge on any atom is 0.231 e. The molecule has 1 unspecified atom stereocenters. The molecule has 1 atom stereocenters. The van der Waals surface area contributed by atoms with Crippen molar-refractivity contribution in [2.75, 3.05) is 13.4 Å². The number of rotatable bonds is 7. The van der Waals surface area contributed by atoms with E-state index in [0.717, 1.165) is 42.3 Å². The standard InChI is InChI=1S/C16H25NO3/c1-11(2)5-4-6-18-14-9-16-15(19-10-20-16)8-13(14)7-12(3)17/h8-9,11-12H,4-7,10,17H2,1-3H3. The van der Waals surface area contributed by atoms with Crippen LogP contribution in [0.15, 0.2) is 12.1 Å². The van der Waals surface area contributed by atoms with E-state index in [2.05, 4.69) is 13.8 Å². The van der Waals surface area contributed by atoms with Gasteiger partial charge in [-0.05, 0) is 43.7 Å². The smallest absolute Gasteiger partial charge is 0.231 e. The molecule has 1 heterocycles. The minimum absolute atomic E-state index is 0.0911. The summed E-state index contributed by atoms with van der Waals surface area (Å²) in [5.41, 5.74) is 7.00. The summed E-state index contributed by atoms with van der Waals surface area (Å²) in [6.07, 6.45) is 3.01. The highest BCUT2D eigenvalue weighted by Gasteiger charge is 2.18. The Morgan fingerprint density at radius 1 is 1.20 bits per heavy atom. The van der Waals surface area contributed by atoms with Gasteiger partial charge in [-0.25, -0.2) is 0 Å². The molecule has 0 saturated carbocycles. The molecule has 4 nitrogen and oxygen atoms in total. The molecule has 0 fully saturated rings. The van der Waals surface area contributed by atoms with E-state index in [4.69, 9.17) is 19.9 Å². The molecule has 4 heteroatoms. The third-order valence-corrected chi connectivity index (χ3v) is 3.28. The van der Waals surface area contributed by atoms with Crippen molar-refractivity contribution in [1.82, 2.24) is 0 Å². The Labute approximate surface area is 121 Å². The number of fused-ring (bicyclic) bond motifs is 1. The summed E-state index contributed by atoms with van der Waals surface area (Å²) in [6.45, 7) is 7.45. The summed E-state index contributed by atoms with van der Waals surface area (Å²) in [4.78, 5) is 0. The molecule has 2 rings (SSSR count). The van der Waals surface area contributed by atoms with Crippen LogP contribution in [0.1, 0.15) is 39.2 Å². The second-order valence-corrected chi connectivity index (χ2v) is 5.88. The number of hydrogen-bond acceptors (Lipinski definition) is 4. The first-order valence-corrected chi connectivity index (χ1v) is 7.37. The number of nitrogens with two attached hydrogens (primary N) is 1. The molecule has 0 bridgehead atoms. The van der Waals surface area contributed by atoms with E-state index < -0.39 is 0 Å². The molecule has 0 aliphatic carbocycles. The Kier molecular flexibility index (Phi) is 5.12. The van der Waals surface area contributed by atoms with Crippen LogP contribution in [0, 0.1) is 5.92 Å². The molecule has 0 amide bonds. The van der Waals surface area contributed by atoms with Crippen LogP contribution in [0.2, 0.25) is 0 Å². The first kappa shape index (κ1) is 15.0. The lowest BCUT2D eigenvalue weighted by Crippen LogP contribution is -2.18. The first-order valence-electron chi connectivity index (χ1n) is 7.37. The van der Waals surface area contributed by atoms with Crippen molar-refractivity contribution in [1.29, 1.82) is 0 Å². The minimum Gasteiger partial charge on any atom is -0.493 e. The Hall–Kier alpha value is -1.42. The van der Waals surface area contributed by atoms with Gasteiger partial charge in [0.15, 0.2) is 11.5 Å². The third kappa shape index (κ3) is 4.04. The highest BCUT2D eigenvalue weighted by molar-refractivity contribution is 5.52. The zero-order valence-corrected chi connectivity index (χ0v) is 12.6. The van der Waals surface area contributed by atoms with E-state index in [0.29, 0.717) is 5.92 Å². The van der Waals surface area contributed by atoms with Crippen molar-refractivity contribution >= 4 is 0 Å². The van der Waals surface area contributed by atoms with Crippen LogP contribution < -0.4 is 19.9 Å². The van der Waals surface area contributed by atoms with E-state index in [1.54, 1.807) is 0 Å². The molecule has 0 radical (unpaired) electrons. The maximum absolute atomic E-state index is 5.92. The van der Waals surface area contributed by atoms with Gasteiger partial charge in [0.1, 0.15) is 5.75 Å². The quantitative estimate of drug-likeness (QED) is 0.779. The number of benzene rings is 1. The van der Waals surface area contributed by atoms with Crippen LogP contribution in [0.4, 0.5) is 0 Å². The third-order valence-electron chi connectivity index (χ3n) is 3.28. The summed E-state index contributed by atoms with van der Waals surface area (Å²) < 4.78 is 16.7. The fraction of sp³-hybridized carbons (Fsp3) is 0.625. The largest absolute Gasteiger partial charge is 0.493 e. The zero-order valence-electron chi connectivity index (χ0n) is 12.6. The topological polar surface area (TPSA) is 53.7 Å². The highest BCUT2D eigenvalue weighted by atomic mass is 16.7. The molecule has 20 heavy (non-hydrogen) atoms. The SMILES string of the molecule is CC(C)CCCOc1cc2c(cc1CC(C)N)OCO2. The monoisotopic (exact) mass is 279 g/mol. The average Bonchev–Trinajstić information content (AvgIpc) is 2.80. The lowest BCUT2D eigenvalue weighted by atomic mass is 10.1. The van der Waals surface area contributed by atoms with Gasteiger partial charge in [0.05, 0.1) is 6.61 Å². The lowest BCUT2D eigenvalue weighted by molar-refractivity contribution is 0.173. The van der Waals surface area contributed by atoms with E-state index in [1.807, 2.05) is 19.1 Å². The van der Waals surface area contributed by atoms with Crippen molar-refractivity contribution in [3.63, 3.8) is 0 Å². The van der Waals surface area contributed by atoms with Crippen molar-refractivity contribution < 1.29 is 14.2 Å². The van der Waals surface area contributed by atoms with Gasteiger partial charge in [-0.3, -0.25) is 0 Å². The molecule has 0 spiro atoms. The van der Waals surface area contributed by atoms with Gasteiger partial charge in [0, 0.05) is 12.1 Å². The molecule has 2 N–H and O–H groups in total. The van der Waals surface area contributed by atoms with Gasteiger partial charge in [0.2, 0.25) is 6.79 Å². The van der Waals surface area contributed by atoms with Crippen LogP contribution in [0.3, 0.4) is 0 Å². The van der Waals surface area contributed by atoms with Gasteiger partial charge in [-0.1, -0.05) is 13.8 Å². The second-order valence-electron chi connectivity index (χ2n) is 5.88. The Bertz CT molecular complexity index is 444. The molecule has 1 aromatic rings. The first-order chi connectivity index (χ1) is 9.56. The average molecular weight is 279 g/mol. The summed E-state index contributed by atoms with van der Waals surface area (Å²) >= 11 is 0. The Balaban J connectivity index is 2.04. The zero-order chi connectivity index (χ0) is 14.5. The molecule has 1 aliphatic rings. The predicted octanol–water partition coefficient (Wildman–Crippen LogP) is 3.12.